The second-order valence-corrected chi connectivity index (χ2v) is 8.58. The summed E-state index contributed by atoms with van der Waals surface area (Å²) in [5, 5.41) is 1.97. The fraction of sp³-hybridized carbons (Fsp3) is 0.423. The molecule has 0 radical (unpaired) electrons. The highest BCUT2D eigenvalue weighted by atomic mass is 16.5. The summed E-state index contributed by atoms with van der Waals surface area (Å²) in [6.45, 7) is 7.03. The van der Waals surface area contributed by atoms with Crippen molar-refractivity contribution >= 4 is 5.91 Å². The number of methoxy groups -OCH3 is 1. The van der Waals surface area contributed by atoms with Crippen molar-refractivity contribution in [1.82, 2.24) is 20.2 Å². The summed E-state index contributed by atoms with van der Waals surface area (Å²) >= 11 is 0. The van der Waals surface area contributed by atoms with Crippen LogP contribution in [0.3, 0.4) is 0 Å². The molecule has 1 aliphatic rings. The number of nitrogens with two attached hydrogens (primary N) is 1. The Morgan fingerprint density at radius 3 is 2.58 bits per heavy atom. The van der Waals surface area contributed by atoms with Gasteiger partial charge in [0.2, 0.25) is 5.91 Å². The number of hydrogen-bond donors (Lipinski definition) is 2. The molecule has 1 heterocycles. The number of piperazine rings is 1. The quantitative estimate of drug-likeness (QED) is 0.382. The van der Waals surface area contributed by atoms with E-state index in [4.69, 9.17) is 10.5 Å². The third kappa shape index (κ3) is 7.60. The molecule has 0 spiro atoms. The number of rotatable bonds is 12. The Balaban J connectivity index is 1.38. The number of amides is 1. The zero-order chi connectivity index (χ0) is 23.6. The number of nitrogens with zero attached hydrogens (tertiary/aromatic N) is 3. The van der Waals surface area contributed by atoms with Gasteiger partial charge in [-0.05, 0) is 42.5 Å². The molecule has 1 saturated heterocycles. The van der Waals surface area contributed by atoms with Crippen LogP contribution in [-0.2, 0) is 17.8 Å². The zero-order valence-corrected chi connectivity index (χ0v) is 19.9. The molecule has 1 aliphatic heterocycles. The summed E-state index contributed by atoms with van der Waals surface area (Å²) in [5.41, 5.74) is 13.1. The second-order valence-electron chi connectivity index (χ2n) is 8.58. The third-order valence-electron chi connectivity index (χ3n) is 5.99. The lowest BCUT2D eigenvalue weighted by atomic mass is 10.1. The number of ether oxygens (including phenoxy) is 1. The Morgan fingerprint density at radius 2 is 1.88 bits per heavy atom. The number of hydrazine groups is 1. The Labute approximate surface area is 197 Å². The van der Waals surface area contributed by atoms with Gasteiger partial charge in [-0.3, -0.25) is 10.2 Å². The van der Waals surface area contributed by atoms with Gasteiger partial charge in [0.25, 0.3) is 0 Å². The van der Waals surface area contributed by atoms with Crippen molar-refractivity contribution in [3.63, 3.8) is 0 Å². The number of carbonyl (C=O) groups excluding carboxylic acids is 1. The summed E-state index contributed by atoms with van der Waals surface area (Å²) in [4.78, 5) is 16.5. The molecule has 2 aromatic carbocycles. The van der Waals surface area contributed by atoms with E-state index in [1.165, 1.54) is 5.56 Å². The van der Waals surface area contributed by atoms with Crippen molar-refractivity contribution in [2.75, 3.05) is 40.3 Å². The monoisotopic (exact) mass is 451 g/mol. The first-order valence-electron chi connectivity index (χ1n) is 11.6. The standard InChI is InChI=1S/C26H37N5O2/c1-21(18-29(2)28-17-23-12-14-24(33-3)15-13-23)31-20-26(32)30(19-25(31)27)16-8-7-11-22-9-5-4-6-10-22/h4-6,9-10,12-15,25,28H,1,7-8,11,16-20,27H2,2-3H3. The molecule has 0 saturated carbocycles. The van der Waals surface area contributed by atoms with Crippen LogP contribution in [-0.4, -0.2) is 67.2 Å². The molecule has 3 N–H and O–H groups in total. The molecular weight excluding hydrogens is 414 g/mol. The molecule has 0 aromatic heterocycles. The van der Waals surface area contributed by atoms with Crippen LogP contribution < -0.4 is 15.9 Å². The summed E-state index contributed by atoms with van der Waals surface area (Å²) in [6.07, 6.45) is 2.84. The maximum Gasteiger partial charge on any atom is 0.242 e. The van der Waals surface area contributed by atoms with Gasteiger partial charge in [0.05, 0.1) is 32.9 Å². The number of nitrogens with one attached hydrogen (secondary N) is 1. The highest BCUT2D eigenvalue weighted by Gasteiger charge is 2.30. The van der Waals surface area contributed by atoms with Gasteiger partial charge in [-0.25, -0.2) is 5.01 Å². The van der Waals surface area contributed by atoms with E-state index in [9.17, 15) is 4.79 Å². The molecule has 1 fully saturated rings. The lowest BCUT2D eigenvalue weighted by molar-refractivity contribution is -0.137. The van der Waals surface area contributed by atoms with E-state index in [-0.39, 0.29) is 18.6 Å². The summed E-state index contributed by atoms with van der Waals surface area (Å²) < 4.78 is 5.20. The Bertz CT molecular complexity index is 887. The van der Waals surface area contributed by atoms with Gasteiger partial charge in [0.15, 0.2) is 0 Å². The number of carbonyl (C=O) groups is 1. The molecule has 0 bridgehead atoms. The van der Waals surface area contributed by atoms with Gasteiger partial charge in [0.1, 0.15) is 5.75 Å². The van der Waals surface area contributed by atoms with Crippen molar-refractivity contribution in [2.45, 2.75) is 32.0 Å². The van der Waals surface area contributed by atoms with Crippen LogP contribution in [0.1, 0.15) is 24.0 Å². The van der Waals surface area contributed by atoms with E-state index in [2.05, 4.69) is 36.3 Å². The molecule has 1 atom stereocenters. The first-order valence-corrected chi connectivity index (χ1v) is 11.6. The normalized spacial score (nSPS) is 16.4. The molecule has 178 valence electrons. The number of benzene rings is 2. The van der Waals surface area contributed by atoms with Crippen LogP contribution in [0, 0.1) is 0 Å². The lowest BCUT2D eigenvalue weighted by Gasteiger charge is -2.42. The third-order valence-corrected chi connectivity index (χ3v) is 5.99. The summed E-state index contributed by atoms with van der Waals surface area (Å²) in [7, 11) is 3.62. The van der Waals surface area contributed by atoms with Crippen molar-refractivity contribution in [2.24, 2.45) is 5.73 Å². The van der Waals surface area contributed by atoms with E-state index in [0.29, 0.717) is 19.6 Å². The Kier molecular flexibility index (Phi) is 9.30. The van der Waals surface area contributed by atoms with Crippen LogP contribution in [0.5, 0.6) is 5.75 Å². The largest absolute Gasteiger partial charge is 0.497 e. The van der Waals surface area contributed by atoms with Crippen LogP contribution in [0.15, 0.2) is 66.9 Å². The minimum atomic E-state index is -0.237. The number of aryl methyl sites for hydroxylation is 1. The van der Waals surface area contributed by atoms with Crippen LogP contribution >= 0.6 is 0 Å². The molecule has 1 unspecified atom stereocenters. The highest BCUT2D eigenvalue weighted by molar-refractivity contribution is 5.79. The van der Waals surface area contributed by atoms with Gasteiger partial charge >= 0.3 is 0 Å². The molecule has 7 heteroatoms. The van der Waals surface area contributed by atoms with Crippen molar-refractivity contribution in [3.05, 3.63) is 78.0 Å². The van der Waals surface area contributed by atoms with E-state index in [1.54, 1.807) is 7.11 Å². The van der Waals surface area contributed by atoms with E-state index in [0.717, 1.165) is 42.8 Å². The Hall–Kier alpha value is -2.87. The number of unbranched alkanes of at least 4 members (excludes halogenated alkanes) is 1. The minimum absolute atomic E-state index is 0.117. The van der Waals surface area contributed by atoms with Crippen molar-refractivity contribution in [1.29, 1.82) is 0 Å². The first-order chi connectivity index (χ1) is 16.0. The fourth-order valence-electron chi connectivity index (χ4n) is 4.02. The van der Waals surface area contributed by atoms with Crippen molar-refractivity contribution < 1.29 is 9.53 Å². The maximum atomic E-state index is 12.7. The molecule has 1 amide bonds. The SMILES string of the molecule is C=C(CN(C)NCc1ccc(OC)cc1)N1CC(=O)N(CCCCc2ccccc2)CC1N. The van der Waals surface area contributed by atoms with Crippen LogP contribution in [0.2, 0.25) is 0 Å². The molecule has 3 rings (SSSR count). The maximum absolute atomic E-state index is 12.7. The van der Waals surface area contributed by atoms with Gasteiger partial charge in [-0.1, -0.05) is 49.0 Å². The van der Waals surface area contributed by atoms with Gasteiger partial charge in [-0.2, -0.15) is 0 Å². The topological polar surface area (TPSA) is 74.1 Å². The molecule has 7 nitrogen and oxygen atoms in total. The van der Waals surface area contributed by atoms with E-state index in [1.807, 2.05) is 52.2 Å². The fourth-order valence-corrected chi connectivity index (χ4v) is 4.02. The van der Waals surface area contributed by atoms with Gasteiger partial charge < -0.3 is 20.3 Å². The Morgan fingerprint density at radius 1 is 1.15 bits per heavy atom. The average molecular weight is 452 g/mol. The predicted octanol–water partition coefficient (Wildman–Crippen LogP) is 2.60. The van der Waals surface area contributed by atoms with E-state index < -0.39 is 0 Å². The average Bonchev–Trinajstić information content (AvgIpc) is 2.83. The smallest absolute Gasteiger partial charge is 0.242 e. The van der Waals surface area contributed by atoms with Crippen molar-refractivity contribution in [3.8, 4) is 5.75 Å². The molecule has 33 heavy (non-hydrogen) atoms. The van der Waals surface area contributed by atoms with Gasteiger partial charge in [0, 0.05) is 25.8 Å². The molecular formula is C26H37N5O2. The first kappa shape index (κ1) is 24.8. The summed E-state index contributed by atoms with van der Waals surface area (Å²) in [6, 6.07) is 18.4. The zero-order valence-electron chi connectivity index (χ0n) is 19.9. The lowest BCUT2D eigenvalue weighted by Crippen LogP contribution is -2.60. The highest BCUT2D eigenvalue weighted by Crippen LogP contribution is 2.15. The molecule has 0 aliphatic carbocycles. The summed E-state index contributed by atoms with van der Waals surface area (Å²) in [5.74, 6) is 0.959. The van der Waals surface area contributed by atoms with Crippen LogP contribution in [0.4, 0.5) is 0 Å². The molecule has 2 aromatic rings. The van der Waals surface area contributed by atoms with E-state index >= 15 is 0 Å². The number of likely N-dealkylation sites (N-methyl/N-ethyl adjacent to an activating group) is 1. The minimum Gasteiger partial charge on any atom is -0.497 e. The van der Waals surface area contributed by atoms with Crippen LogP contribution in [0.25, 0.3) is 0 Å². The second kappa shape index (κ2) is 12.4. The predicted molar refractivity (Wildman–Crippen MR) is 132 cm³/mol. The van der Waals surface area contributed by atoms with Gasteiger partial charge in [-0.15, -0.1) is 0 Å². The number of hydrogen-bond acceptors (Lipinski definition) is 6.